The maximum Gasteiger partial charge on any atom is 0.415 e. The fourth-order valence-electron chi connectivity index (χ4n) is 3.58. The molecule has 1 fully saturated rings. The molecule has 0 heterocycles. The van der Waals surface area contributed by atoms with Crippen molar-refractivity contribution in [2.24, 2.45) is 5.92 Å². The molecule has 1 aliphatic carbocycles. The fraction of sp³-hybridized carbons (Fsp3) is 0.364. The van der Waals surface area contributed by atoms with Crippen LogP contribution in [0.1, 0.15) is 26.2 Å². The van der Waals surface area contributed by atoms with Gasteiger partial charge in [0.25, 0.3) is 0 Å². The van der Waals surface area contributed by atoms with E-state index in [1.165, 1.54) is 0 Å². The van der Waals surface area contributed by atoms with Gasteiger partial charge in [0.05, 0.1) is 5.02 Å². The van der Waals surface area contributed by atoms with Crippen molar-refractivity contribution in [1.29, 1.82) is 0 Å². The zero-order valence-electron chi connectivity index (χ0n) is 16.2. The fourth-order valence-corrected chi connectivity index (χ4v) is 3.79. The third-order valence-electron chi connectivity index (χ3n) is 5.20. The molecule has 0 saturated heterocycles. The van der Waals surface area contributed by atoms with E-state index in [0.717, 1.165) is 24.0 Å². The molecule has 3 rings (SSSR count). The molecule has 2 aromatic carbocycles. The normalized spacial score (nSPS) is 18.5. The molecule has 6 heteroatoms. The summed E-state index contributed by atoms with van der Waals surface area (Å²) < 4.78 is 5.51. The second kappa shape index (κ2) is 9.11. The van der Waals surface area contributed by atoms with E-state index in [-0.39, 0.29) is 17.9 Å². The van der Waals surface area contributed by atoms with Gasteiger partial charge in [0, 0.05) is 25.6 Å². The number of rotatable bonds is 5. The standard InChI is InChI=1S/C22H25ClN2O3/c1-3-24-21(26)17-9-11-18(13-17)25(2)22(27)28-20-12-10-16(14-19(20)23)15-7-5-4-6-8-15/h4-8,10,12,14,17-18H,3,9,11,13H2,1-2H3,(H,24,26)/t17-,18+/m0/s1. The molecule has 1 N–H and O–H groups in total. The van der Waals surface area contributed by atoms with Crippen LogP contribution < -0.4 is 10.1 Å². The summed E-state index contributed by atoms with van der Waals surface area (Å²) in [7, 11) is 1.71. The summed E-state index contributed by atoms with van der Waals surface area (Å²) in [6.07, 6.45) is 1.75. The zero-order valence-corrected chi connectivity index (χ0v) is 16.9. The first kappa shape index (κ1) is 20.2. The lowest BCUT2D eigenvalue weighted by Gasteiger charge is -2.24. The minimum Gasteiger partial charge on any atom is -0.409 e. The number of carbonyl (C=O) groups is 2. The molecule has 0 radical (unpaired) electrons. The van der Waals surface area contributed by atoms with Gasteiger partial charge >= 0.3 is 6.09 Å². The molecule has 5 nitrogen and oxygen atoms in total. The van der Waals surface area contributed by atoms with E-state index in [2.05, 4.69) is 5.32 Å². The predicted octanol–water partition coefficient (Wildman–Crippen LogP) is 4.74. The Morgan fingerprint density at radius 1 is 1.14 bits per heavy atom. The van der Waals surface area contributed by atoms with E-state index in [1.807, 2.05) is 43.3 Å². The van der Waals surface area contributed by atoms with Crippen LogP contribution >= 0.6 is 11.6 Å². The molecule has 0 aromatic heterocycles. The number of carbonyl (C=O) groups excluding carboxylic acids is 2. The van der Waals surface area contributed by atoms with Gasteiger partial charge in [-0.3, -0.25) is 4.79 Å². The Morgan fingerprint density at radius 3 is 2.57 bits per heavy atom. The predicted molar refractivity (Wildman–Crippen MR) is 110 cm³/mol. The van der Waals surface area contributed by atoms with Crippen molar-refractivity contribution >= 4 is 23.6 Å². The van der Waals surface area contributed by atoms with Gasteiger partial charge in [-0.1, -0.05) is 48.0 Å². The number of hydrogen-bond donors (Lipinski definition) is 1. The Balaban J connectivity index is 1.62. The second-order valence-electron chi connectivity index (χ2n) is 7.05. The topological polar surface area (TPSA) is 58.6 Å². The van der Waals surface area contributed by atoms with Crippen LogP contribution in [0.4, 0.5) is 4.79 Å². The van der Waals surface area contributed by atoms with Crippen LogP contribution in [-0.4, -0.2) is 36.5 Å². The van der Waals surface area contributed by atoms with E-state index >= 15 is 0 Å². The van der Waals surface area contributed by atoms with Crippen molar-refractivity contribution in [3.05, 3.63) is 53.6 Å². The Labute approximate surface area is 170 Å². The number of benzene rings is 2. The van der Waals surface area contributed by atoms with E-state index < -0.39 is 6.09 Å². The molecule has 28 heavy (non-hydrogen) atoms. The summed E-state index contributed by atoms with van der Waals surface area (Å²) in [5, 5.41) is 3.24. The largest absolute Gasteiger partial charge is 0.415 e. The first-order valence-corrected chi connectivity index (χ1v) is 9.94. The minimum atomic E-state index is -0.462. The van der Waals surface area contributed by atoms with Crippen LogP contribution in [0.5, 0.6) is 5.75 Å². The SMILES string of the molecule is CCNC(=O)[C@H]1CC[C@@H](N(C)C(=O)Oc2ccc(-c3ccccc3)cc2Cl)C1. The van der Waals surface area contributed by atoms with Gasteiger partial charge in [0.2, 0.25) is 5.91 Å². The average Bonchev–Trinajstić information content (AvgIpc) is 3.20. The van der Waals surface area contributed by atoms with E-state index in [0.29, 0.717) is 23.7 Å². The van der Waals surface area contributed by atoms with Gasteiger partial charge < -0.3 is 15.0 Å². The first-order chi connectivity index (χ1) is 13.5. The van der Waals surface area contributed by atoms with Crippen molar-refractivity contribution in [2.45, 2.75) is 32.2 Å². The van der Waals surface area contributed by atoms with Gasteiger partial charge in [-0.2, -0.15) is 0 Å². The number of ether oxygens (including phenoxy) is 1. The summed E-state index contributed by atoms with van der Waals surface area (Å²) in [6, 6.07) is 15.2. The lowest BCUT2D eigenvalue weighted by Crippen LogP contribution is -2.38. The average molecular weight is 401 g/mol. The minimum absolute atomic E-state index is 0.0116. The molecule has 0 aliphatic heterocycles. The molecule has 1 aliphatic rings. The summed E-state index contributed by atoms with van der Waals surface area (Å²) in [5.41, 5.74) is 2.00. The van der Waals surface area contributed by atoms with Crippen molar-refractivity contribution < 1.29 is 14.3 Å². The third kappa shape index (κ3) is 4.65. The van der Waals surface area contributed by atoms with E-state index in [1.54, 1.807) is 24.1 Å². The highest BCUT2D eigenvalue weighted by atomic mass is 35.5. The maximum atomic E-state index is 12.6. The molecule has 0 bridgehead atoms. The molecule has 0 spiro atoms. The number of amides is 2. The Kier molecular flexibility index (Phi) is 6.57. The number of hydrogen-bond acceptors (Lipinski definition) is 3. The van der Waals surface area contributed by atoms with Crippen LogP contribution in [0.3, 0.4) is 0 Å². The Bertz CT molecular complexity index is 841. The van der Waals surface area contributed by atoms with Crippen LogP contribution in [0.2, 0.25) is 5.02 Å². The highest BCUT2D eigenvalue weighted by Crippen LogP contribution is 2.32. The summed E-state index contributed by atoms with van der Waals surface area (Å²) in [4.78, 5) is 26.1. The highest BCUT2D eigenvalue weighted by Gasteiger charge is 2.34. The van der Waals surface area contributed by atoms with Gasteiger partial charge in [-0.25, -0.2) is 4.79 Å². The van der Waals surface area contributed by atoms with Gasteiger partial charge in [0.1, 0.15) is 0 Å². The maximum absolute atomic E-state index is 12.6. The van der Waals surface area contributed by atoms with Crippen molar-refractivity contribution in [1.82, 2.24) is 10.2 Å². The second-order valence-corrected chi connectivity index (χ2v) is 7.46. The molecular weight excluding hydrogens is 376 g/mol. The van der Waals surface area contributed by atoms with Crippen LogP contribution in [0, 0.1) is 5.92 Å². The van der Waals surface area contributed by atoms with Crippen molar-refractivity contribution in [2.75, 3.05) is 13.6 Å². The molecule has 1 saturated carbocycles. The van der Waals surface area contributed by atoms with Crippen LogP contribution in [0.15, 0.2) is 48.5 Å². The molecule has 0 unspecified atom stereocenters. The van der Waals surface area contributed by atoms with E-state index in [4.69, 9.17) is 16.3 Å². The monoisotopic (exact) mass is 400 g/mol. The molecule has 2 amide bonds. The lowest BCUT2D eigenvalue weighted by molar-refractivity contribution is -0.124. The van der Waals surface area contributed by atoms with E-state index in [9.17, 15) is 9.59 Å². The molecule has 2 atom stereocenters. The van der Waals surface area contributed by atoms with Crippen molar-refractivity contribution in [3.63, 3.8) is 0 Å². The third-order valence-corrected chi connectivity index (χ3v) is 5.49. The summed E-state index contributed by atoms with van der Waals surface area (Å²) in [6.45, 7) is 2.52. The summed E-state index contributed by atoms with van der Waals surface area (Å²) >= 11 is 6.34. The van der Waals surface area contributed by atoms with Gasteiger partial charge in [-0.05, 0) is 49.4 Å². The first-order valence-electron chi connectivity index (χ1n) is 9.57. The van der Waals surface area contributed by atoms with Crippen molar-refractivity contribution in [3.8, 4) is 16.9 Å². The Hall–Kier alpha value is -2.53. The molecular formula is C22H25ClN2O3. The smallest absolute Gasteiger partial charge is 0.409 e. The van der Waals surface area contributed by atoms with Crippen LogP contribution in [-0.2, 0) is 4.79 Å². The Morgan fingerprint density at radius 2 is 1.89 bits per heavy atom. The molecule has 2 aromatic rings. The zero-order chi connectivity index (χ0) is 20.1. The van der Waals surface area contributed by atoms with Gasteiger partial charge in [-0.15, -0.1) is 0 Å². The number of halogens is 1. The lowest BCUT2D eigenvalue weighted by atomic mass is 10.1. The quantitative estimate of drug-likeness (QED) is 0.788. The molecule has 148 valence electrons. The highest BCUT2D eigenvalue weighted by molar-refractivity contribution is 6.32. The van der Waals surface area contributed by atoms with Gasteiger partial charge in [0.15, 0.2) is 5.75 Å². The number of nitrogens with one attached hydrogen (secondary N) is 1. The number of nitrogens with zero attached hydrogens (tertiary/aromatic N) is 1. The summed E-state index contributed by atoms with van der Waals surface area (Å²) in [5.74, 6) is 0.344. The van der Waals surface area contributed by atoms with Crippen LogP contribution in [0.25, 0.3) is 11.1 Å².